The molecular weight excluding hydrogens is 453 g/mol. The summed E-state index contributed by atoms with van der Waals surface area (Å²) in [6.07, 6.45) is 5.27. The highest BCUT2D eigenvalue weighted by Gasteiger charge is 2.19. The molecule has 2 heterocycles. The average Bonchev–Trinajstić information content (AvgIpc) is 2.78. The molecule has 4 nitrogen and oxygen atoms in total. The Kier molecular flexibility index (Phi) is 9.09. The van der Waals surface area contributed by atoms with Crippen molar-refractivity contribution < 1.29 is 4.74 Å². The van der Waals surface area contributed by atoms with E-state index in [2.05, 4.69) is 26.9 Å². The molecular formula is C24H28Cl3N3O. The monoisotopic (exact) mass is 479 g/mol. The van der Waals surface area contributed by atoms with E-state index in [0.717, 1.165) is 56.6 Å². The van der Waals surface area contributed by atoms with Crippen molar-refractivity contribution in [3.05, 3.63) is 64.8 Å². The van der Waals surface area contributed by atoms with Gasteiger partial charge in [0.1, 0.15) is 0 Å². The molecule has 0 N–H and O–H groups in total. The van der Waals surface area contributed by atoms with Crippen LogP contribution in [0, 0.1) is 0 Å². The average molecular weight is 481 g/mol. The van der Waals surface area contributed by atoms with Crippen LogP contribution >= 0.6 is 35.6 Å². The van der Waals surface area contributed by atoms with E-state index in [0.29, 0.717) is 22.5 Å². The Morgan fingerprint density at radius 1 is 0.871 bits per heavy atom. The van der Waals surface area contributed by atoms with Gasteiger partial charge in [0.05, 0.1) is 22.3 Å². The lowest BCUT2D eigenvalue weighted by molar-refractivity contribution is 0.245. The third-order valence-corrected chi connectivity index (χ3v) is 6.43. The fourth-order valence-corrected chi connectivity index (χ4v) is 4.30. The Hall–Kier alpha value is -1.72. The second kappa shape index (κ2) is 11.8. The zero-order valence-corrected chi connectivity index (χ0v) is 19.8. The molecule has 0 radical (unpaired) electrons. The lowest BCUT2D eigenvalue weighted by atomic mass is 10.2. The van der Waals surface area contributed by atoms with Crippen molar-refractivity contribution in [1.82, 2.24) is 9.88 Å². The molecule has 1 fully saturated rings. The van der Waals surface area contributed by atoms with E-state index in [4.69, 9.17) is 27.9 Å². The van der Waals surface area contributed by atoms with Crippen LogP contribution in [0.15, 0.2) is 54.7 Å². The molecule has 0 bridgehead atoms. The third kappa shape index (κ3) is 6.39. The highest BCUT2D eigenvalue weighted by molar-refractivity contribution is 6.43. The molecule has 31 heavy (non-hydrogen) atoms. The van der Waals surface area contributed by atoms with Crippen molar-refractivity contribution in [3.8, 4) is 5.88 Å². The van der Waals surface area contributed by atoms with Gasteiger partial charge in [-0.3, -0.25) is 4.90 Å². The molecule has 166 valence electrons. The minimum Gasteiger partial charge on any atom is -0.478 e. The molecule has 4 rings (SSSR count). The SMILES string of the molecule is Cl.Clc1cccc(N2CCN(CCCCCOc3cc4ccccc4cn3)CC2)c1Cl. The predicted octanol–water partition coefficient (Wildman–Crippen LogP) is 6.33. The number of benzene rings is 2. The van der Waals surface area contributed by atoms with Crippen LogP contribution in [0.3, 0.4) is 0 Å². The second-order valence-electron chi connectivity index (χ2n) is 7.68. The number of rotatable bonds is 8. The molecule has 0 amide bonds. The first-order chi connectivity index (χ1) is 14.7. The summed E-state index contributed by atoms with van der Waals surface area (Å²) in [6, 6.07) is 16.1. The molecule has 0 aliphatic carbocycles. The number of anilines is 1. The molecule has 1 saturated heterocycles. The van der Waals surface area contributed by atoms with E-state index in [1.807, 2.05) is 42.6 Å². The largest absolute Gasteiger partial charge is 0.478 e. The second-order valence-corrected chi connectivity index (χ2v) is 8.47. The zero-order valence-electron chi connectivity index (χ0n) is 17.5. The molecule has 1 aromatic heterocycles. The van der Waals surface area contributed by atoms with Crippen LogP contribution in [0.4, 0.5) is 5.69 Å². The maximum atomic E-state index is 6.36. The van der Waals surface area contributed by atoms with E-state index in [1.54, 1.807) is 0 Å². The quantitative estimate of drug-likeness (QED) is 0.352. The molecule has 0 unspecified atom stereocenters. The van der Waals surface area contributed by atoms with Crippen LogP contribution in [0.2, 0.25) is 10.0 Å². The first-order valence-electron chi connectivity index (χ1n) is 10.6. The lowest BCUT2D eigenvalue weighted by Gasteiger charge is -2.36. The van der Waals surface area contributed by atoms with Crippen LogP contribution < -0.4 is 9.64 Å². The molecule has 3 aromatic rings. The Bertz CT molecular complexity index is 977. The maximum absolute atomic E-state index is 6.36. The Morgan fingerprint density at radius 3 is 2.45 bits per heavy atom. The van der Waals surface area contributed by atoms with Crippen molar-refractivity contribution in [2.24, 2.45) is 0 Å². The number of halogens is 3. The minimum atomic E-state index is 0. The molecule has 2 aromatic carbocycles. The van der Waals surface area contributed by atoms with Gasteiger partial charge in [-0.25, -0.2) is 4.98 Å². The molecule has 1 aliphatic heterocycles. The van der Waals surface area contributed by atoms with Crippen molar-refractivity contribution in [2.45, 2.75) is 19.3 Å². The predicted molar refractivity (Wildman–Crippen MR) is 133 cm³/mol. The molecule has 0 spiro atoms. The van der Waals surface area contributed by atoms with Gasteiger partial charge in [0.2, 0.25) is 5.88 Å². The number of unbranched alkanes of at least 4 members (excludes halogenated alkanes) is 2. The summed E-state index contributed by atoms with van der Waals surface area (Å²) in [5.41, 5.74) is 1.04. The van der Waals surface area contributed by atoms with Crippen LogP contribution in [0.25, 0.3) is 10.8 Å². The number of fused-ring (bicyclic) bond motifs is 1. The van der Waals surface area contributed by atoms with E-state index >= 15 is 0 Å². The Morgan fingerprint density at radius 2 is 1.65 bits per heavy atom. The summed E-state index contributed by atoms with van der Waals surface area (Å²) in [5, 5.41) is 3.59. The smallest absolute Gasteiger partial charge is 0.213 e. The van der Waals surface area contributed by atoms with Crippen molar-refractivity contribution in [3.63, 3.8) is 0 Å². The topological polar surface area (TPSA) is 28.6 Å². The Balaban J connectivity index is 0.00000272. The number of hydrogen-bond acceptors (Lipinski definition) is 4. The van der Waals surface area contributed by atoms with Crippen LogP contribution in [-0.2, 0) is 0 Å². The van der Waals surface area contributed by atoms with Gasteiger partial charge < -0.3 is 9.64 Å². The highest BCUT2D eigenvalue weighted by Crippen LogP contribution is 2.32. The van der Waals surface area contributed by atoms with E-state index in [-0.39, 0.29) is 12.4 Å². The molecule has 0 atom stereocenters. The highest BCUT2D eigenvalue weighted by atomic mass is 35.5. The lowest BCUT2D eigenvalue weighted by Crippen LogP contribution is -2.46. The van der Waals surface area contributed by atoms with Gasteiger partial charge in [-0.05, 0) is 43.3 Å². The first-order valence-corrected chi connectivity index (χ1v) is 11.4. The first kappa shape index (κ1) is 23.9. The summed E-state index contributed by atoms with van der Waals surface area (Å²) in [7, 11) is 0. The van der Waals surface area contributed by atoms with Gasteiger partial charge in [0.15, 0.2) is 0 Å². The molecule has 0 saturated carbocycles. The van der Waals surface area contributed by atoms with Gasteiger partial charge in [-0.2, -0.15) is 0 Å². The number of piperazine rings is 1. The van der Waals surface area contributed by atoms with Crippen LogP contribution in [0.5, 0.6) is 5.88 Å². The van der Waals surface area contributed by atoms with E-state index in [1.165, 1.54) is 11.8 Å². The van der Waals surface area contributed by atoms with Gasteiger partial charge in [-0.1, -0.05) is 53.5 Å². The maximum Gasteiger partial charge on any atom is 0.213 e. The zero-order chi connectivity index (χ0) is 20.8. The Labute approximate surface area is 200 Å². The van der Waals surface area contributed by atoms with Crippen LogP contribution in [-0.4, -0.2) is 49.2 Å². The number of pyridine rings is 1. The van der Waals surface area contributed by atoms with Crippen molar-refractivity contribution in [1.29, 1.82) is 0 Å². The summed E-state index contributed by atoms with van der Waals surface area (Å²) >= 11 is 12.5. The summed E-state index contributed by atoms with van der Waals surface area (Å²) in [4.78, 5) is 9.25. The van der Waals surface area contributed by atoms with Gasteiger partial charge in [0.25, 0.3) is 0 Å². The minimum absolute atomic E-state index is 0. The van der Waals surface area contributed by atoms with E-state index < -0.39 is 0 Å². The number of nitrogens with zero attached hydrogens (tertiary/aromatic N) is 3. The van der Waals surface area contributed by atoms with E-state index in [9.17, 15) is 0 Å². The number of hydrogen-bond donors (Lipinski definition) is 0. The van der Waals surface area contributed by atoms with Crippen LogP contribution in [0.1, 0.15) is 19.3 Å². The third-order valence-electron chi connectivity index (χ3n) is 5.62. The van der Waals surface area contributed by atoms with Gasteiger partial charge in [-0.15, -0.1) is 12.4 Å². The summed E-state index contributed by atoms with van der Waals surface area (Å²) < 4.78 is 5.84. The van der Waals surface area contributed by atoms with Gasteiger partial charge in [0, 0.05) is 43.8 Å². The number of ether oxygens (including phenoxy) is 1. The van der Waals surface area contributed by atoms with Crippen molar-refractivity contribution in [2.75, 3.05) is 44.2 Å². The fraction of sp³-hybridized carbons (Fsp3) is 0.375. The van der Waals surface area contributed by atoms with Gasteiger partial charge >= 0.3 is 0 Å². The molecule has 7 heteroatoms. The normalized spacial score (nSPS) is 14.5. The molecule has 1 aliphatic rings. The summed E-state index contributed by atoms with van der Waals surface area (Å²) in [5.74, 6) is 0.712. The van der Waals surface area contributed by atoms with Crippen molar-refractivity contribution >= 4 is 52.1 Å². The summed E-state index contributed by atoms with van der Waals surface area (Å²) in [6.45, 7) is 5.92. The number of aromatic nitrogens is 1. The standard InChI is InChI=1S/C24H27Cl2N3O.ClH/c25-21-9-6-10-22(24(21)26)29-14-12-28(13-15-29)11-4-1-5-16-30-23-17-19-7-2-3-8-20(19)18-27-23;/h2-3,6-10,17-18H,1,4-5,11-16H2;1H. The fourth-order valence-electron chi connectivity index (χ4n) is 3.88.